The fraction of sp³-hybridized carbons (Fsp3) is 0.167. The summed E-state index contributed by atoms with van der Waals surface area (Å²) in [7, 11) is -1.34. The van der Waals surface area contributed by atoms with Crippen LogP contribution < -0.4 is 5.19 Å². The minimum Gasteiger partial charge on any atom is -0.500 e. The predicted octanol–water partition coefficient (Wildman–Crippen LogP) is 16.0. The molecule has 0 aliphatic heterocycles. The molecule has 0 saturated carbocycles. The maximum absolute atomic E-state index is 7.35. The van der Waals surface area contributed by atoms with E-state index in [1.54, 1.807) is 12.1 Å². The average Bonchev–Trinajstić information content (AvgIpc) is 3.92. The Labute approximate surface area is 407 Å². The molecule has 0 amide bonds. The zero-order chi connectivity index (χ0) is 47.5. The summed E-state index contributed by atoms with van der Waals surface area (Å²) in [4.78, 5) is 9.77. The number of furan rings is 1. The molecule has 0 fully saturated rings. The molecule has 11 rings (SSSR count). The number of imidazole rings is 1. The van der Waals surface area contributed by atoms with Gasteiger partial charge >= 0.3 is 0 Å². The molecule has 0 unspecified atom stereocenters. The molecule has 11 aromatic rings. The van der Waals surface area contributed by atoms with E-state index in [1.165, 1.54) is 55.4 Å². The average molecular weight is 1060 g/mol. The van der Waals surface area contributed by atoms with E-state index in [1.807, 2.05) is 18.3 Å². The molecule has 6 heteroatoms. The van der Waals surface area contributed by atoms with Gasteiger partial charge < -0.3 is 14.0 Å². The molecule has 4 nitrogen and oxygen atoms in total. The molecule has 0 atom stereocenters. The number of hydrogen-bond donors (Lipinski definition) is 0. The summed E-state index contributed by atoms with van der Waals surface area (Å²) < 4.78 is 31.0. The van der Waals surface area contributed by atoms with Gasteiger partial charge in [0.15, 0.2) is 0 Å². The Kier molecular flexibility index (Phi) is 11.2. The maximum Gasteiger partial charge on any atom is 0.128 e. The summed E-state index contributed by atoms with van der Waals surface area (Å²) in [6.45, 7) is 13.9. The van der Waals surface area contributed by atoms with Crippen molar-refractivity contribution in [3.8, 4) is 39.5 Å². The second-order valence-corrected chi connectivity index (χ2v) is 23.7. The van der Waals surface area contributed by atoms with E-state index in [0.29, 0.717) is 17.4 Å². The van der Waals surface area contributed by atoms with Crippen LogP contribution in [0.3, 0.4) is 0 Å². The Hall–Kier alpha value is -6.43. The van der Waals surface area contributed by atoms with Crippen LogP contribution in [0.2, 0.25) is 19.6 Å². The second-order valence-electron chi connectivity index (χ2n) is 18.7. The predicted molar refractivity (Wildman–Crippen MR) is 277 cm³/mol. The Balaban J connectivity index is 0.000000238. The van der Waals surface area contributed by atoms with E-state index in [0.717, 1.165) is 61.0 Å². The number of fused-ring (bicyclic) bond motifs is 8. The molecule has 0 spiro atoms. The van der Waals surface area contributed by atoms with Crippen LogP contribution in [0.1, 0.15) is 60.3 Å². The third-order valence-electron chi connectivity index (χ3n) is 12.6. The molecule has 3 heterocycles. The van der Waals surface area contributed by atoms with Crippen LogP contribution >= 0.6 is 0 Å². The van der Waals surface area contributed by atoms with Crippen LogP contribution in [0, 0.1) is 19.0 Å². The maximum atomic E-state index is 7.35. The van der Waals surface area contributed by atoms with Gasteiger partial charge in [-0.05, 0) is 85.4 Å². The number of benzene rings is 8. The van der Waals surface area contributed by atoms with E-state index >= 15 is 0 Å². The summed E-state index contributed by atoms with van der Waals surface area (Å²) in [6, 6.07) is 61.1. The smallest absolute Gasteiger partial charge is 0.128 e. The molecule has 0 aliphatic rings. The fourth-order valence-corrected chi connectivity index (χ4v) is 10.1. The molecule has 329 valence electrons. The molecule has 8 aromatic carbocycles. The third-order valence-corrected chi connectivity index (χ3v) is 14.6. The minimum atomic E-state index is -2.08. The van der Waals surface area contributed by atoms with Crippen LogP contribution in [-0.2, 0) is 20.1 Å². The topological polar surface area (TPSA) is 43.9 Å². The zero-order valence-corrected chi connectivity index (χ0v) is 41.7. The molecule has 0 aliphatic carbocycles. The van der Waals surface area contributed by atoms with E-state index < -0.39 is 14.9 Å². The van der Waals surface area contributed by atoms with Crippen molar-refractivity contribution >= 4 is 67.8 Å². The van der Waals surface area contributed by atoms with Gasteiger partial charge in [-0.3, -0.25) is 4.98 Å². The summed E-state index contributed by atoms with van der Waals surface area (Å²) in [5.74, 6) is 1.48. The van der Waals surface area contributed by atoms with Crippen molar-refractivity contribution in [2.24, 2.45) is 0 Å². The van der Waals surface area contributed by atoms with Crippen LogP contribution in [0.15, 0.2) is 168 Å². The van der Waals surface area contributed by atoms with E-state index in [4.69, 9.17) is 13.5 Å². The van der Waals surface area contributed by atoms with Crippen molar-refractivity contribution in [2.45, 2.75) is 66.0 Å². The monoisotopic (exact) mass is 1060 g/mol. The van der Waals surface area contributed by atoms with Crippen LogP contribution in [0.5, 0.6) is 0 Å². The van der Waals surface area contributed by atoms with Crippen molar-refractivity contribution in [3.05, 3.63) is 193 Å². The Morgan fingerprint density at radius 2 is 1.30 bits per heavy atom. The zero-order valence-electron chi connectivity index (χ0n) is 41.3. The summed E-state index contributed by atoms with van der Waals surface area (Å²) >= 11 is 0. The van der Waals surface area contributed by atoms with Crippen LogP contribution in [0.4, 0.5) is 0 Å². The van der Waals surface area contributed by atoms with Gasteiger partial charge in [-0.1, -0.05) is 163 Å². The molecule has 0 saturated heterocycles. The summed E-state index contributed by atoms with van der Waals surface area (Å²) in [5, 5.41) is 8.26. The quantitative estimate of drug-likeness (QED) is 0.0908. The number of pyridine rings is 1. The number of aryl methyl sites for hydroxylation is 1. The molecule has 3 aromatic heterocycles. The van der Waals surface area contributed by atoms with Crippen molar-refractivity contribution in [3.63, 3.8) is 0 Å². The van der Waals surface area contributed by atoms with E-state index in [-0.39, 0.29) is 20.1 Å². The largest absolute Gasteiger partial charge is 0.500 e. The van der Waals surface area contributed by atoms with Crippen LogP contribution in [0.25, 0.3) is 94.0 Å². The standard InChI is InChI=1S/C45H35N2O.C15H18NSi.Ir/c1-27(2)37-25-32(29-12-6-5-7-13-29)26-38(28(3)4)43(37)47-41-17-11-10-16-40(41)46-45(47)31-19-23-42-39(24-31)36-22-21-34-33-15-9-8-14-30(33)18-20-35(34)44(36)48-42;1-12-5-7-13(8-6-12)15-10-9-14(11-16-15)17(2,3)4;/h5-18,20-28H,1-4H3;5-7,9-11H,1-4H3;/q2*-1;/i;1D3;. The first kappa shape index (κ1) is 41.0. The van der Waals surface area contributed by atoms with Gasteiger partial charge in [0.2, 0.25) is 0 Å². The van der Waals surface area contributed by atoms with Crippen molar-refractivity contribution < 1.29 is 28.6 Å². The van der Waals surface area contributed by atoms with E-state index in [2.05, 4.69) is 196 Å². The number of rotatable bonds is 7. The van der Waals surface area contributed by atoms with Crippen molar-refractivity contribution in [1.82, 2.24) is 14.5 Å². The third kappa shape index (κ3) is 8.35. The number of aromatic nitrogens is 3. The Bertz CT molecular complexity index is 3560. The molecule has 1 radical (unpaired) electrons. The number of hydrogen-bond acceptors (Lipinski definition) is 3. The van der Waals surface area contributed by atoms with Crippen molar-refractivity contribution in [2.75, 3.05) is 0 Å². The van der Waals surface area contributed by atoms with Crippen molar-refractivity contribution in [1.29, 1.82) is 0 Å². The van der Waals surface area contributed by atoms with Gasteiger partial charge in [0.1, 0.15) is 5.58 Å². The normalized spacial score (nSPS) is 12.7. The molecular formula is C60H53IrN3OSi-2. The van der Waals surface area contributed by atoms with Gasteiger partial charge in [-0.15, -0.1) is 59.2 Å². The van der Waals surface area contributed by atoms with Gasteiger partial charge in [0, 0.05) is 46.9 Å². The molecular weight excluding hydrogens is 999 g/mol. The number of para-hydroxylation sites is 2. The summed E-state index contributed by atoms with van der Waals surface area (Å²) in [6.07, 6.45) is 1.92. The first-order valence-electron chi connectivity index (χ1n) is 24.0. The van der Waals surface area contributed by atoms with Gasteiger partial charge in [-0.25, -0.2) is 0 Å². The SMILES string of the molecule is CC(C)c1cc(-c2ccccc2)cc(C(C)C)c1-n1c(-c2[c-]cc3oc4c(ccc5c6ccccc6ccc54)c3c2)nc2ccccc21.[2H]C([2H])([2H])c1c[c-]c(-c2ccc([Si](C)(C)C)cn2)cc1.[Ir]. The van der Waals surface area contributed by atoms with Gasteiger partial charge in [0.25, 0.3) is 0 Å². The first-order valence-corrected chi connectivity index (χ1v) is 26.0. The Morgan fingerprint density at radius 1 is 0.621 bits per heavy atom. The minimum absolute atomic E-state index is 0. The number of nitrogens with zero attached hydrogens (tertiary/aromatic N) is 3. The summed E-state index contributed by atoms with van der Waals surface area (Å²) in [5.41, 5.74) is 13.0. The van der Waals surface area contributed by atoms with Gasteiger partial charge in [0.05, 0.1) is 30.5 Å². The Morgan fingerprint density at radius 3 is 2.00 bits per heavy atom. The molecule has 0 bridgehead atoms. The van der Waals surface area contributed by atoms with Gasteiger partial charge in [-0.2, -0.15) is 0 Å². The molecule has 66 heavy (non-hydrogen) atoms. The first-order chi connectivity index (χ1) is 32.6. The van der Waals surface area contributed by atoms with Crippen LogP contribution in [-0.4, -0.2) is 22.6 Å². The second kappa shape index (κ2) is 18.1. The fourth-order valence-electron chi connectivity index (χ4n) is 9.02. The van der Waals surface area contributed by atoms with E-state index in [9.17, 15) is 0 Å². The molecule has 0 N–H and O–H groups in total.